The van der Waals surface area contributed by atoms with Crippen LogP contribution in [0.2, 0.25) is 0 Å². The van der Waals surface area contributed by atoms with Gasteiger partial charge >= 0.3 is 17.9 Å². The molecule has 0 fully saturated rings. The van der Waals surface area contributed by atoms with Crippen LogP contribution in [0.1, 0.15) is 33.6 Å². The minimum atomic E-state index is -1.08. The van der Waals surface area contributed by atoms with E-state index >= 15 is 0 Å². The molecule has 0 unspecified atom stereocenters. The minimum Gasteiger partial charge on any atom is -0.481 e. The average molecular weight is 234 g/mol. The second-order valence-electron chi connectivity index (χ2n) is 4.03. The lowest BCUT2D eigenvalue weighted by atomic mass is 9.98. The number of hydrogen-bond donors (Lipinski definition) is 2. The Morgan fingerprint density at radius 2 is 1.31 bits per heavy atom. The summed E-state index contributed by atoms with van der Waals surface area (Å²) in [5.41, 5.74) is -0.352. The van der Waals surface area contributed by atoms with Gasteiger partial charge in [0.2, 0.25) is 0 Å². The number of methoxy groups -OCH3 is 1. The van der Waals surface area contributed by atoms with Crippen molar-refractivity contribution in [3.05, 3.63) is 0 Å². The molecule has 0 aliphatic heterocycles. The van der Waals surface area contributed by atoms with Crippen molar-refractivity contribution in [2.24, 2.45) is 5.41 Å². The van der Waals surface area contributed by atoms with Gasteiger partial charge in [-0.3, -0.25) is 14.4 Å². The predicted molar refractivity (Wildman–Crippen MR) is 56.0 cm³/mol. The largest absolute Gasteiger partial charge is 0.481 e. The standard InChI is InChI=1S/C6H12O2.C4H6O4/c1-6(2,3)5(7)8-4;5-3(6)1-2-4(7)8/h1-4H3;1-2H2,(H,5,6)(H,7,8). The number of carboxylic acids is 2. The molecule has 0 aromatic carbocycles. The summed E-state index contributed by atoms with van der Waals surface area (Å²) in [5, 5.41) is 15.8. The fraction of sp³-hybridized carbons (Fsp3) is 0.700. The summed E-state index contributed by atoms with van der Waals surface area (Å²) in [4.78, 5) is 29.9. The fourth-order valence-corrected chi connectivity index (χ4v) is 0.520. The number of hydrogen-bond acceptors (Lipinski definition) is 4. The van der Waals surface area contributed by atoms with E-state index in [2.05, 4.69) is 4.74 Å². The highest BCUT2D eigenvalue weighted by Gasteiger charge is 2.21. The molecule has 0 aliphatic rings. The monoisotopic (exact) mass is 234 g/mol. The summed E-state index contributed by atoms with van der Waals surface area (Å²) in [5.74, 6) is -2.32. The van der Waals surface area contributed by atoms with Gasteiger partial charge < -0.3 is 14.9 Å². The van der Waals surface area contributed by atoms with Crippen molar-refractivity contribution in [3.8, 4) is 0 Å². The van der Waals surface area contributed by atoms with E-state index in [9.17, 15) is 14.4 Å². The third-order valence-electron chi connectivity index (χ3n) is 1.35. The van der Waals surface area contributed by atoms with Gasteiger partial charge in [0.05, 0.1) is 25.4 Å². The van der Waals surface area contributed by atoms with Crippen LogP contribution in [0.5, 0.6) is 0 Å². The van der Waals surface area contributed by atoms with Gasteiger partial charge in [0.15, 0.2) is 0 Å². The van der Waals surface area contributed by atoms with Crippen molar-refractivity contribution >= 4 is 17.9 Å². The molecule has 0 atom stereocenters. The van der Waals surface area contributed by atoms with E-state index in [1.807, 2.05) is 20.8 Å². The van der Waals surface area contributed by atoms with E-state index in [0.29, 0.717) is 0 Å². The van der Waals surface area contributed by atoms with Gasteiger partial charge in [-0.1, -0.05) is 0 Å². The molecule has 0 saturated carbocycles. The maximum absolute atomic E-state index is 10.6. The maximum Gasteiger partial charge on any atom is 0.310 e. The predicted octanol–water partition coefficient (Wildman–Crippen LogP) is 1.14. The van der Waals surface area contributed by atoms with Gasteiger partial charge in [0, 0.05) is 0 Å². The van der Waals surface area contributed by atoms with Gasteiger partial charge in [-0.2, -0.15) is 0 Å². The van der Waals surface area contributed by atoms with Crippen LogP contribution >= 0.6 is 0 Å². The summed E-state index contributed by atoms with van der Waals surface area (Å²) in [6.07, 6.45) is -0.593. The summed E-state index contributed by atoms with van der Waals surface area (Å²) in [6.45, 7) is 5.45. The highest BCUT2D eigenvalue weighted by atomic mass is 16.5. The van der Waals surface area contributed by atoms with Gasteiger partial charge in [-0.15, -0.1) is 0 Å². The summed E-state index contributed by atoms with van der Waals surface area (Å²) >= 11 is 0. The Balaban J connectivity index is 0. The average Bonchev–Trinajstić information content (AvgIpc) is 2.13. The normalized spacial score (nSPS) is 9.75. The lowest BCUT2D eigenvalue weighted by Gasteiger charge is -2.13. The number of rotatable bonds is 3. The Morgan fingerprint density at radius 1 is 1.00 bits per heavy atom. The van der Waals surface area contributed by atoms with Crippen LogP contribution in [0.4, 0.5) is 0 Å². The first-order chi connectivity index (χ1) is 7.11. The number of aliphatic carboxylic acids is 2. The van der Waals surface area contributed by atoms with Crippen LogP contribution in [0, 0.1) is 5.41 Å². The Kier molecular flexibility index (Phi) is 8.07. The zero-order valence-electron chi connectivity index (χ0n) is 9.94. The summed E-state index contributed by atoms with van der Waals surface area (Å²) in [7, 11) is 1.40. The molecular weight excluding hydrogens is 216 g/mol. The molecule has 0 amide bonds. The first-order valence-electron chi connectivity index (χ1n) is 4.63. The van der Waals surface area contributed by atoms with Crippen LogP contribution in [0.25, 0.3) is 0 Å². The van der Waals surface area contributed by atoms with Crippen LogP contribution in [-0.4, -0.2) is 35.2 Å². The molecule has 0 aromatic rings. The first-order valence-corrected chi connectivity index (χ1v) is 4.63. The third kappa shape index (κ3) is 12.4. The molecular formula is C10H18O6. The quantitative estimate of drug-likeness (QED) is 0.710. The number of ether oxygens (including phenoxy) is 1. The molecule has 0 aromatic heterocycles. The maximum atomic E-state index is 10.6. The second kappa shape index (κ2) is 7.67. The van der Waals surface area contributed by atoms with Gasteiger partial charge in [0.1, 0.15) is 0 Å². The molecule has 0 spiro atoms. The molecule has 0 rings (SSSR count). The first kappa shape index (κ1) is 16.8. The van der Waals surface area contributed by atoms with Crippen molar-refractivity contribution in [2.75, 3.05) is 7.11 Å². The van der Waals surface area contributed by atoms with E-state index in [0.717, 1.165) is 0 Å². The molecule has 0 saturated heterocycles. The highest BCUT2D eigenvalue weighted by Crippen LogP contribution is 2.13. The Morgan fingerprint density at radius 3 is 1.38 bits per heavy atom. The van der Waals surface area contributed by atoms with Crippen LogP contribution in [0.15, 0.2) is 0 Å². The Bertz CT molecular complexity index is 237. The number of carboxylic acid groups (broad SMARTS) is 2. The van der Waals surface area contributed by atoms with Crippen LogP contribution in [0.3, 0.4) is 0 Å². The van der Waals surface area contributed by atoms with E-state index in [-0.39, 0.29) is 24.2 Å². The van der Waals surface area contributed by atoms with Gasteiger partial charge in [-0.05, 0) is 20.8 Å². The lowest BCUT2D eigenvalue weighted by Crippen LogP contribution is -2.21. The highest BCUT2D eigenvalue weighted by molar-refractivity contribution is 5.75. The molecule has 0 radical (unpaired) electrons. The molecule has 0 aliphatic carbocycles. The van der Waals surface area contributed by atoms with Crippen LogP contribution < -0.4 is 0 Å². The third-order valence-corrected chi connectivity index (χ3v) is 1.35. The minimum absolute atomic E-state index is 0.169. The topological polar surface area (TPSA) is 101 Å². The van der Waals surface area contributed by atoms with Crippen LogP contribution in [-0.2, 0) is 19.1 Å². The molecule has 0 bridgehead atoms. The van der Waals surface area contributed by atoms with E-state index < -0.39 is 11.9 Å². The molecule has 2 N–H and O–H groups in total. The zero-order valence-corrected chi connectivity index (χ0v) is 9.94. The molecule has 0 heterocycles. The van der Waals surface area contributed by atoms with E-state index in [4.69, 9.17) is 10.2 Å². The van der Waals surface area contributed by atoms with Crippen molar-refractivity contribution in [1.29, 1.82) is 0 Å². The molecule has 6 heteroatoms. The second-order valence-corrected chi connectivity index (χ2v) is 4.03. The molecule has 16 heavy (non-hydrogen) atoms. The molecule has 94 valence electrons. The van der Waals surface area contributed by atoms with Crippen molar-refractivity contribution < 1.29 is 29.3 Å². The zero-order chi connectivity index (χ0) is 13.4. The van der Waals surface area contributed by atoms with E-state index in [1.165, 1.54) is 7.11 Å². The summed E-state index contributed by atoms with van der Waals surface area (Å²) < 4.78 is 4.48. The van der Waals surface area contributed by atoms with E-state index in [1.54, 1.807) is 0 Å². The Hall–Kier alpha value is -1.59. The smallest absolute Gasteiger partial charge is 0.310 e. The summed E-state index contributed by atoms with van der Waals surface area (Å²) in [6, 6.07) is 0. The number of carbonyl (C=O) groups excluding carboxylic acids is 1. The van der Waals surface area contributed by atoms with Gasteiger partial charge in [0.25, 0.3) is 0 Å². The lowest BCUT2D eigenvalue weighted by molar-refractivity contribution is -0.149. The van der Waals surface area contributed by atoms with Crippen molar-refractivity contribution in [1.82, 2.24) is 0 Å². The fourth-order valence-electron chi connectivity index (χ4n) is 0.520. The number of carbonyl (C=O) groups is 3. The Labute approximate surface area is 94.2 Å². The van der Waals surface area contributed by atoms with Gasteiger partial charge in [-0.25, -0.2) is 0 Å². The van der Waals surface area contributed by atoms with Crippen molar-refractivity contribution in [2.45, 2.75) is 33.6 Å². The SMILES string of the molecule is COC(=O)C(C)(C)C.O=C(O)CCC(=O)O. The number of esters is 1. The molecule has 6 nitrogen and oxygen atoms in total. The van der Waals surface area contributed by atoms with Crippen molar-refractivity contribution in [3.63, 3.8) is 0 Å².